The Labute approximate surface area is 213 Å². The van der Waals surface area contributed by atoms with Gasteiger partial charge in [-0.1, -0.05) is 35.3 Å². The standard InChI is InChI=1S/C26H24Cl2N2O3S/c1-3-12-29(26(32)17-4-7-19(33-2)8-5-17)16-24(31)30-13-10-23-21(11-14-34-23)25(30)20-9-6-18(27)15-22(20)28/h3-9,11,14-15,25H,1,10,12-13,16H2,2H3. The van der Waals surface area contributed by atoms with Crippen LogP contribution in [0.4, 0.5) is 0 Å². The van der Waals surface area contributed by atoms with E-state index in [1.807, 2.05) is 22.4 Å². The molecule has 0 spiro atoms. The molecule has 0 aliphatic carbocycles. The van der Waals surface area contributed by atoms with Gasteiger partial charge in [0.15, 0.2) is 0 Å². The molecule has 34 heavy (non-hydrogen) atoms. The number of benzene rings is 2. The second-order valence-electron chi connectivity index (χ2n) is 7.91. The number of nitrogens with zero attached hydrogens (tertiary/aromatic N) is 2. The summed E-state index contributed by atoms with van der Waals surface area (Å²) in [7, 11) is 1.57. The van der Waals surface area contributed by atoms with Gasteiger partial charge in [0.25, 0.3) is 5.91 Å². The number of hydrogen-bond donors (Lipinski definition) is 0. The fourth-order valence-electron chi connectivity index (χ4n) is 4.19. The number of halogens is 2. The number of hydrogen-bond acceptors (Lipinski definition) is 4. The van der Waals surface area contributed by atoms with Crippen molar-refractivity contribution in [3.05, 3.63) is 98.2 Å². The summed E-state index contributed by atoms with van der Waals surface area (Å²) in [6.45, 7) is 4.48. The van der Waals surface area contributed by atoms with Gasteiger partial charge in [0.1, 0.15) is 12.3 Å². The molecule has 3 aromatic rings. The highest BCUT2D eigenvalue weighted by Crippen LogP contribution is 2.41. The maximum absolute atomic E-state index is 13.6. The molecule has 4 rings (SSSR count). The molecule has 1 aliphatic rings. The fraction of sp³-hybridized carbons (Fsp3) is 0.231. The van der Waals surface area contributed by atoms with Gasteiger partial charge in [-0.3, -0.25) is 9.59 Å². The van der Waals surface area contributed by atoms with Crippen LogP contribution in [-0.2, 0) is 11.2 Å². The van der Waals surface area contributed by atoms with E-state index in [1.165, 1.54) is 9.78 Å². The number of rotatable bonds is 7. The van der Waals surface area contributed by atoms with Crippen LogP contribution in [0.5, 0.6) is 5.75 Å². The summed E-state index contributed by atoms with van der Waals surface area (Å²) in [5, 5.41) is 3.08. The molecular weight excluding hydrogens is 491 g/mol. The van der Waals surface area contributed by atoms with E-state index in [9.17, 15) is 9.59 Å². The highest BCUT2D eigenvalue weighted by molar-refractivity contribution is 7.10. The molecule has 2 aromatic carbocycles. The highest BCUT2D eigenvalue weighted by Gasteiger charge is 2.35. The maximum atomic E-state index is 13.6. The molecule has 1 unspecified atom stereocenters. The Balaban J connectivity index is 1.62. The minimum atomic E-state index is -0.339. The Kier molecular flexibility index (Phi) is 7.61. The Bertz CT molecular complexity index is 1210. The van der Waals surface area contributed by atoms with Gasteiger partial charge in [-0.15, -0.1) is 17.9 Å². The Morgan fingerprint density at radius 2 is 1.94 bits per heavy atom. The van der Waals surface area contributed by atoms with Crippen molar-refractivity contribution < 1.29 is 14.3 Å². The van der Waals surface area contributed by atoms with Gasteiger partial charge in [-0.05, 0) is 65.4 Å². The molecule has 176 valence electrons. The van der Waals surface area contributed by atoms with Gasteiger partial charge < -0.3 is 14.5 Å². The summed E-state index contributed by atoms with van der Waals surface area (Å²) in [6, 6.07) is 13.9. The minimum Gasteiger partial charge on any atom is -0.497 e. The predicted octanol–water partition coefficient (Wildman–Crippen LogP) is 5.87. The predicted molar refractivity (Wildman–Crippen MR) is 137 cm³/mol. The lowest BCUT2D eigenvalue weighted by Crippen LogP contribution is -2.46. The van der Waals surface area contributed by atoms with Gasteiger partial charge in [0.05, 0.1) is 13.2 Å². The summed E-state index contributed by atoms with van der Waals surface area (Å²) in [5.41, 5.74) is 2.35. The second kappa shape index (κ2) is 10.6. The third-order valence-corrected chi connectivity index (χ3v) is 7.40. The number of carbonyl (C=O) groups excluding carboxylic acids is 2. The molecule has 8 heteroatoms. The zero-order valence-corrected chi connectivity index (χ0v) is 21.0. The average Bonchev–Trinajstić information content (AvgIpc) is 3.32. The smallest absolute Gasteiger partial charge is 0.254 e. The number of amides is 2. The zero-order valence-electron chi connectivity index (χ0n) is 18.7. The van der Waals surface area contributed by atoms with Gasteiger partial charge >= 0.3 is 0 Å². The lowest BCUT2D eigenvalue weighted by atomic mass is 9.93. The third-order valence-electron chi connectivity index (χ3n) is 5.84. The molecule has 2 amide bonds. The van der Waals surface area contributed by atoms with Crippen LogP contribution in [0.2, 0.25) is 10.0 Å². The van der Waals surface area contributed by atoms with E-state index < -0.39 is 0 Å². The van der Waals surface area contributed by atoms with Gasteiger partial charge in [0.2, 0.25) is 5.91 Å². The molecule has 2 heterocycles. The first kappa shape index (κ1) is 24.3. The van der Waals surface area contributed by atoms with Crippen LogP contribution in [0.1, 0.15) is 32.4 Å². The largest absolute Gasteiger partial charge is 0.497 e. The molecule has 5 nitrogen and oxygen atoms in total. The van der Waals surface area contributed by atoms with Crippen LogP contribution in [-0.4, -0.2) is 48.4 Å². The number of thiophene rings is 1. The van der Waals surface area contributed by atoms with Crippen molar-refractivity contribution >= 4 is 46.4 Å². The zero-order chi connectivity index (χ0) is 24.2. The average molecular weight is 515 g/mol. The normalized spacial score (nSPS) is 14.9. The van der Waals surface area contributed by atoms with E-state index >= 15 is 0 Å². The van der Waals surface area contributed by atoms with E-state index in [4.69, 9.17) is 27.9 Å². The van der Waals surface area contributed by atoms with Crippen molar-refractivity contribution in [2.24, 2.45) is 0 Å². The monoisotopic (exact) mass is 514 g/mol. The molecule has 1 atom stereocenters. The quantitative estimate of drug-likeness (QED) is 0.370. The van der Waals surface area contributed by atoms with E-state index in [1.54, 1.807) is 60.9 Å². The third kappa shape index (κ3) is 4.99. The minimum absolute atomic E-state index is 0.0714. The van der Waals surface area contributed by atoms with Crippen LogP contribution in [0.25, 0.3) is 0 Å². The van der Waals surface area contributed by atoms with Crippen LogP contribution in [0.3, 0.4) is 0 Å². The van der Waals surface area contributed by atoms with Crippen molar-refractivity contribution in [2.75, 3.05) is 26.7 Å². The van der Waals surface area contributed by atoms with E-state index in [0.717, 1.165) is 17.5 Å². The summed E-state index contributed by atoms with van der Waals surface area (Å²) in [4.78, 5) is 31.4. The van der Waals surface area contributed by atoms with E-state index in [2.05, 4.69) is 6.58 Å². The number of ether oxygens (including phenoxy) is 1. The van der Waals surface area contributed by atoms with E-state index in [0.29, 0.717) is 27.9 Å². The van der Waals surface area contributed by atoms with Crippen molar-refractivity contribution in [3.63, 3.8) is 0 Å². The van der Waals surface area contributed by atoms with Crippen molar-refractivity contribution in [2.45, 2.75) is 12.5 Å². The van der Waals surface area contributed by atoms with Crippen LogP contribution >= 0.6 is 34.5 Å². The Hall–Kier alpha value is -2.80. The first-order chi connectivity index (χ1) is 16.4. The van der Waals surface area contributed by atoms with Gasteiger partial charge in [-0.2, -0.15) is 0 Å². The molecular formula is C26H24Cl2N2O3S. The summed E-state index contributed by atoms with van der Waals surface area (Å²) in [6.07, 6.45) is 2.38. The van der Waals surface area contributed by atoms with E-state index in [-0.39, 0.29) is 30.9 Å². The van der Waals surface area contributed by atoms with Gasteiger partial charge in [0, 0.05) is 33.6 Å². The Morgan fingerprint density at radius 3 is 2.62 bits per heavy atom. The maximum Gasteiger partial charge on any atom is 0.254 e. The second-order valence-corrected chi connectivity index (χ2v) is 9.75. The molecule has 0 radical (unpaired) electrons. The summed E-state index contributed by atoms with van der Waals surface area (Å²) < 4.78 is 5.17. The van der Waals surface area contributed by atoms with Crippen LogP contribution in [0.15, 0.2) is 66.6 Å². The van der Waals surface area contributed by atoms with Crippen LogP contribution < -0.4 is 4.74 Å². The first-order valence-corrected chi connectivity index (χ1v) is 12.4. The molecule has 0 N–H and O–H groups in total. The van der Waals surface area contributed by atoms with Crippen LogP contribution in [0, 0.1) is 0 Å². The number of carbonyl (C=O) groups is 2. The van der Waals surface area contributed by atoms with Crippen molar-refractivity contribution in [1.82, 2.24) is 9.80 Å². The SMILES string of the molecule is C=CCN(CC(=O)N1CCc2sccc2C1c1ccc(Cl)cc1Cl)C(=O)c1ccc(OC)cc1. The lowest BCUT2D eigenvalue weighted by Gasteiger charge is -2.38. The molecule has 0 saturated heterocycles. The molecule has 1 aliphatic heterocycles. The lowest BCUT2D eigenvalue weighted by molar-refractivity contribution is -0.133. The van der Waals surface area contributed by atoms with Crippen molar-refractivity contribution in [1.29, 1.82) is 0 Å². The molecule has 1 aromatic heterocycles. The van der Waals surface area contributed by atoms with Crippen molar-refractivity contribution in [3.8, 4) is 5.75 Å². The molecule has 0 saturated carbocycles. The molecule has 0 fully saturated rings. The summed E-state index contributed by atoms with van der Waals surface area (Å²) >= 11 is 14.4. The summed E-state index contributed by atoms with van der Waals surface area (Å²) in [5.74, 6) is 0.257. The number of fused-ring (bicyclic) bond motifs is 1. The Morgan fingerprint density at radius 1 is 1.18 bits per heavy atom. The first-order valence-electron chi connectivity index (χ1n) is 10.8. The number of methoxy groups -OCH3 is 1. The van der Waals surface area contributed by atoms with Gasteiger partial charge in [-0.25, -0.2) is 0 Å². The topological polar surface area (TPSA) is 49.9 Å². The highest BCUT2D eigenvalue weighted by atomic mass is 35.5. The molecule has 0 bridgehead atoms. The fourth-order valence-corrected chi connectivity index (χ4v) is 5.60.